The van der Waals surface area contributed by atoms with E-state index in [9.17, 15) is 0 Å². The number of benzene rings is 2. The van der Waals surface area contributed by atoms with E-state index in [0.717, 1.165) is 5.56 Å². The Morgan fingerprint density at radius 1 is 0.950 bits per heavy atom. The van der Waals surface area contributed by atoms with Crippen LogP contribution >= 0.6 is 34.8 Å². The van der Waals surface area contributed by atoms with Gasteiger partial charge in [-0.1, -0.05) is 71.2 Å². The first-order chi connectivity index (χ1) is 9.66. The number of nitrogens with zero attached hydrogens (tertiary/aromatic N) is 1. The number of allylic oxidation sites excluding steroid dienone is 1. The summed E-state index contributed by atoms with van der Waals surface area (Å²) in [6, 6.07) is 13.1. The highest BCUT2D eigenvalue weighted by Crippen LogP contribution is 2.33. The lowest BCUT2D eigenvalue weighted by molar-refractivity contribution is 1.36. The number of rotatable bonds is 4. The van der Waals surface area contributed by atoms with Crippen LogP contribution in [-0.4, -0.2) is 6.21 Å². The summed E-state index contributed by atoms with van der Waals surface area (Å²) in [4.78, 5) is 0. The van der Waals surface area contributed by atoms with Crippen LogP contribution in [0.3, 0.4) is 0 Å². The Hall–Kier alpha value is -1.48. The lowest BCUT2D eigenvalue weighted by Gasteiger charge is -2.05. The van der Waals surface area contributed by atoms with E-state index >= 15 is 0 Å². The first kappa shape index (κ1) is 14.9. The molecular weight excluding hydrogens is 315 g/mol. The van der Waals surface area contributed by atoms with Crippen LogP contribution in [0.15, 0.2) is 53.6 Å². The van der Waals surface area contributed by atoms with Crippen LogP contribution in [0.1, 0.15) is 5.56 Å². The molecule has 0 atom stereocenters. The van der Waals surface area contributed by atoms with Crippen molar-refractivity contribution in [2.24, 2.45) is 5.10 Å². The predicted octanol–water partition coefficient (Wildman–Crippen LogP) is 5.76. The van der Waals surface area contributed by atoms with Crippen molar-refractivity contribution in [2.45, 2.75) is 0 Å². The SMILES string of the molecule is Clc1cc(Cl)c(N/N=C/C=C/c2ccccc2)c(Cl)c1. The number of hydrogen-bond donors (Lipinski definition) is 1. The summed E-state index contributed by atoms with van der Waals surface area (Å²) < 4.78 is 0. The van der Waals surface area contributed by atoms with Crippen molar-refractivity contribution < 1.29 is 0 Å². The molecule has 0 aromatic heterocycles. The zero-order valence-corrected chi connectivity index (χ0v) is 12.6. The van der Waals surface area contributed by atoms with Gasteiger partial charge >= 0.3 is 0 Å². The standard InChI is InChI=1S/C15H11Cl3N2/c16-12-9-13(17)15(14(18)10-12)20-19-8-4-7-11-5-2-1-3-6-11/h1-10,20H/b7-4+,19-8+. The zero-order chi connectivity index (χ0) is 14.4. The lowest BCUT2D eigenvalue weighted by atomic mass is 10.2. The van der Waals surface area contributed by atoms with Gasteiger partial charge in [0.05, 0.1) is 15.7 Å². The Kier molecular flexibility index (Phi) is 5.48. The van der Waals surface area contributed by atoms with E-state index in [0.29, 0.717) is 20.8 Å². The van der Waals surface area contributed by atoms with Crippen molar-refractivity contribution in [1.29, 1.82) is 0 Å². The van der Waals surface area contributed by atoms with E-state index in [1.54, 1.807) is 18.3 Å². The van der Waals surface area contributed by atoms with Gasteiger partial charge in [0.2, 0.25) is 0 Å². The monoisotopic (exact) mass is 324 g/mol. The normalized spacial score (nSPS) is 11.3. The lowest BCUT2D eigenvalue weighted by Crippen LogP contribution is -1.91. The maximum absolute atomic E-state index is 6.02. The second kappa shape index (κ2) is 7.34. The van der Waals surface area contributed by atoms with Crippen molar-refractivity contribution in [3.8, 4) is 0 Å². The quantitative estimate of drug-likeness (QED) is 0.561. The Bertz CT molecular complexity index is 614. The fourth-order valence-corrected chi connectivity index (χ4v) is 2.41. The first-order valence-electron chi connectivity index (χ1n) is 5.82. The van der Waals surface area contributed by atoms with Crippen molar-refractivity contribution in [2.75, 3.05) is 5.43 Å². The Morgan fingerprint density at radius 2 is 1.60 bits per heavy atom. The highest BCUT2D eigenvalue weighted by Gasteiger charge is 2.06. The predicted molar refractivity (Wildman–Crippen MR) is 89.1 cm³/mol. The second-order valence-corrected chi connectivity index (χ2v) is 5.16. The summed E-state index contributed by atoms with van der Waals surface area (Å²) in [6.07, 6.45) is 5.38. The third-order valence-electron chi connectivity index (χ3n) is 2.43. The van der Waals surface area contributed by atoms with Gasteiger partial charge in [-0.2, -0.15) is 5.10 Å². The number of hydrazone groups is 1. The van der Waals surface area contributed by atoms with Gasteiger partial charge < -0.3 is 0 Å². The van der Waals surface area contributed by atoms with Gasteiger partial charge in [-0.25, -0.2) is 0 Å². The molecule has 2 aromatic rings. The Balaban J connectivity index is 1.99. The van der Waals surface area contributed by atoms with E-state index < -0.39 is 0 Å². The molecule has 0 bridgehead atoms. The van der Waals surface area contributed by atoms with E-state index in [4.69, 9.17) is 34.8 Å². The van der Waals surface area contributed by atoms with E-state index in [1.165, 1.54) is 0 Å². The van der Waals surface area contributed by atoms with Gasteiger partial charge in [-0.05, 0) is 23.8 Å². The molecule has 0 aliphatic rings. The fraction of sp³-hybridized carbons (Fsp3) is 0. The van der Waals surface area contributed by atoms with Gasteiger partial charge in [0.1, 0.15) is 0 Å². The molecule has 0 aliphatic heterocycles. The van der Waals surface area contributed by atoms with E-state index in [1.807, 2.05) is 42.5 Å². The van der Waals surface area contributed by atoms with Crippen LogP contribution < -0.4 is 5.43 Å². The van der Waals surface area contributed by atoms with Gasteiger partial charge in [-0.15, -0.1) is 0 Å². The van der Waals surface area contributed by atoms with Crippen LogP contribution in [0.2, 0.25) is 15.1 Å². The van der Waals surface area contributed by atoms with E-state index in [2.05, 4.69) is 10.5 Å². The highest BCUT2D eigenvalue weighted by atomic mass is 35.5. The molecule has 102 valence electrons. The minimum atomic E-state index is 0.423. The van der Waals surface area contributed by atoms with Crippen LogP contribution in [0.4, 0.5) is 5.69 Å². The molecule has 2 nitrogen and oxygen atoms in total. The van der Waals surface area contributed by atoms with E-state index in [-0.39, 0.29) is 0 Å². The van der Waals surface area contributed by atoms with Crippen LogP contribution in [0.25, 0.3) is 6.08 Å². The molecule has 0 saturated heterocycles. The van der Waals surface area contributed by atoms with Crippen molar-refractivity contribution in [3.63, 3.8) is 0 Å². The molecule has 0 heterocycles. The molecule has 0 aliphatic carbocycles. The topological polar surface area (TPSA) is 24.4 Å². The summed E-state index contributed by atoms with van der Waals surface area (Å²) in [5, 5.41) is 5.36. The summed E-state index contributed by atoms with van der Waals surface area (Å²) in [7, 11) is 0. The molecule has 0 saturated carbocycles. The minimum absolute atomic E-state index is 0.423. The Morgan fingerprint density at radius 3 is 2.25 bits per heavy atom. The van der Waals surface area contributed by atoms with Crippen molar-refractivity contribution in [3.05, 3.63) is 69.2 Å². The molecule has 0 amide bonds. The van der Waals surface area contributed by atoms with Crippen LogP contribution in [0, 0.1) is 0 Å². The molecule has 0 spiro atoms. The average molecular weight is 326 g/mol. The molecular formula is C15H11Cl3N2. The molecule has 0 unspecified atom stereocenters. The fourth-order valence-electron chi connectivity index (χ4n) is 1.51. The summed E-state index contributed by atoms with van der Waals surface area (Å²) in [5.74, 6) is 0. The average Bonchev–Trinajstić information content (AvgIpc) is 2.42. The second-order valence-electron chi connectivity index (χ2n) is 3.90. The minimum Gasteiger partial charge on any atom is -0.275 e. The maximum atomic E-state index is 6.02. The maximum Gasteiger partial charge on any atom is 0.0935 e. The molecule has 2 aromatic carbocycles. The molecule has 1 N–H and O–H groups in total. The van der Waals surface area contributed by atoms with Gasteiger partial charge in [0.15, 0.2) is 0 Å². The van der Waals surface area contributed by atoms with Gasteiger partial charge in [-0.3, -0.25) is 5.43 Å². The van der Waals surface area contributed by atoms with Crippen LogP contribution in [0.5, 0.6) is 0 Å². The summed E-state index contributed by atoms with van der Waals surface area (Å²) in [6.45, 7) is 0. The molecule has 0 radical (unpaired) electrons. The number of nitrogens with one attached hydrogen (secondary N) is 1. The van der Waals surface area contributed by atoms with Gasteiger partial charge in [0, 0.05) is 11.2 Å². The number of halogens is 3. The Labute approximate surface area is 132 Å². The largest absolute Gasteiger partial charge is 0.275 e. The molecule has 20 heavy (non-hydrogen) atoms. The summed E-state index contributed by atoms with van der Waals surface area (Å²) >= 11 is 17.9. The molecule has 5 heteroatoms. The summed E-state index contributed by atoms with van der Waals surface area (Å²) in [5.41, 5.74) is 4.42. The first-order valence-corrected chi connectivity index (χ1v) is 6.95. The van der Waals surface area contributed by atoms with Crippen LogP contribution in [-0.2, 0) is 0 Å². The third-order valence-corrected chi connectivity index (χ3v) is 3.25. The zero-order valence-electron chi connectivity index (χ0n) is 10.4. The smallest absolute Gasteiger partial charge is 0.0935 e. The number of hydrogen-bond acceptors (Lipinski definition) is 2. The molecule has 0 fully saturated rings. The highest BCUT2D eigenvalue weighted by molar-refractivity contribution is 6.41. The molecule has 2 rings (SSSR count). The third kappa shape index (κ3) is 4.27. The van der Waals surface area contributed by atoms with Crippen molar-refractivity contribution in [1.82, 2.24) is 0 Å². The van der Waals surface area contributed by atoms with Gasteiger partial charge in [0.25, 0.3) is 0 Å². The number of anilines is 1. The van der Waals surface area contributed by atoms with Crippen molar-refractivity contribution >= 4 is 52.8 Å².